The lowest BCUT2D eigenvalue weighted by Crippen LogP contribution is -2.22. The molecule has 2 heterocycles. The van der Waals surface area contributed by atoms with Gasteiger partial charge in [-0.3, -0.25) is 4.79 Å². The van der Waals surface area contributed by atoms with Gasteiger partial charge in [-0.1, -0.05) is 12.1 Å². The number of aryl methyl sites for hydroxylation is 2. The molecule has 6 heteroatoms. The van der Waals surface area contributed by atoms with E-state index in [4.69, 9.17) is 0 Å². The Labute approximate surface area is 130 Å². The van der Waals surface area contributed by atoms with E-state index in [0.717, 1.165) is 21.2 Å². The Morgan fingerprint density at radius 1 is 1.24 bits per heavy atom. The van der Waals surface area contributed by atoms with Crippen molar-refractivity contribution in [2.24, 2.45) is 0 Å². The molecule has 0 aliphatic heterocycles. The number of benzene rings is 1. The zero-order valence-electron chi connectivity index (χ0n) is 11.6. The lowest BCUT2D eigenvalue weighted by molar-refractivity contribution is -0.121. The number of nitrogens with zero attached hydrogens (tertiary/aromatic N) is 2. The average Bonchev–Trinajstić information content (AvgIpc) is 3.08. The van der Waals surface area contributed by atoms with E-state index in [1.807, 2.05) is 30.5 Å². The molecule has 0 saturated carbocycles. The number of aromatic nitrogens is 2. The summed E-state index contributed by atoms with van der Waals surface area (Å²) in [6.45, 7) is 2.46. The molecule has 21 heavy (non-hydrogen) atoms. The van der Waals surface area contributed by atoms with Gasteiger partial charge in [0.25, 0.3) is 0 Å². The molecule has 2 aromatic heterocycles. The van der Waals surface area contributed by atoms with E-state index in [-0.39, 0.29) is 5.91 Å². The highest BCUT2D eigenvalue weighted by Crippen LogP contribution is 2.22. The zero-order valence-corrected chi connectivity index (χ0v) is 13.3. The highest BCUT2D eigenvalue weighted by Gasteiger charge is 2.07. The molecule has 0 fully saturated rings. The molecule has 1 aromatic carbocycles. The van der Waals surface area contributed by atoms with Gasteiger partial charge in [0.05, 0.1) is 21.8 Å². The Balaban J connectivity index is 1.51. The minimum Gasteiger partial charge on any atom is -0.350 e. The van der Waals surface area contributed by atoms with Crippen molar-refractivity contribution >= 4 is 38.8 Å². The molecule has 0 aliphatic rings. The van der Waals surface area contributed by atoms with Crippen molar-refractivity contribution in [3.8, 4) is 0 Å². The van der Waals surface area contributed by atoms with E-state index in [0.29, 0.717) is 19.4 Å². The van der Waals surface area contributed by atoms with E-state index in [9.17, 15) is 4.79 Å². The maximum atomic E-state index is 11.9. The highest BCUT2D eigenvalue weighted by atomic mass is 32.1. The summed E-state index contributed by atoms with van der Waals surface area (Å²) >= 11 is 3.23. The van der Waals surface area contributed by atoms with Gasteiger partial charge in [-0.25, -0.2) is 9.97 Å². The fraction of sp³-hybridized carbons (Fsp3) is 0.267. The summed E-state index contributed by atoms with van der Waals surface area (Å²) in [6.07, 6.45) is 1.15. The Hall–Kier alpha value is -1.79. The summed E-state index contributed by atoms with van der Waals surface area (Å²) in [6, 6.07) is 8.04. The summed E-state index contributed by atoms with van der Waals surface area (Å²) in [5.74, 6) is 0.0436. The standard InChI is InChI=1S/C15H15N3OS2/c1-10-9-20-15(17-10)8-16-13(19)6-7-14-18-11-4-2-3-5-12(11)21-14/h2-5,9H,6-8H2,1H3,(H,16,19). The molecule has 3 rings (SSSR count). The van der Waals surface area contributed by atoms with Crippen LogP contribution in [0.5, 0.6) is 0 Å². The molecule has 0 spiro atoms. The number of rotatable bonds is 5. The largest absolute Gasteiger partial charge is 0.350 e. The third-order valence-corrected chi connectivity index (χ3v) is 5.07. The fourth-order valence-corrected chi connectivity index (χ4v) is 3.67. The quantitative estimate of drug-likeness (QED) is 0.785. The van der Waals surface area contributed by atoms with Crippen LogP contribution in [0.1, 0.15) is 22.1 Å². The number of nitrogens with one attached hydrogen (secondary N) is 1. The van der Waals surface area contributed by atoms with Crippen molar-refractivity contribution in [1.29, 1.82) is 0 Å². The van der Waals surface area contributed by atoms with Crippen molar-refractivity contribution in [1.82, 2.24) is 15.3 Å². The van der Waals surface area contributed by atoms with Crippen molar-refractivity contribution in [2.75, 3.05) is 0 Å². The molecule has 1 N–H and O–H groups in total. The topological polar surface area (TPSA) is 54.9 Å². The van der Waals surface area contributed by atoms with Crippen LogP contribution in [0.2, 0.25) is 0 Å². The summed E-state index contributed by atoms with van der Waals surface area (Å²) in [4.78, 5) is 20.7. The van der Waals surface area contributed by atoms with Crippen LogP contribution in [0, 0.1) is 6.92 Å². The maximum Gasteiger partial charge on any atom is 0.220 e. The van der Waals surface area contributed by atoms with Crippen LogP contribution in [-0.4, -0.2) is 15.9 Å². The Morgan fingerprint density at radius 2 is 2.10 bits per heavy atom. The Bertz CT molecular complexity index is 730. The van der Waals surface area contributed by atoms with Crippen molar-refractivity contribution in [3.05, 3.63) is 45.4 Å². The second kappa shape index (κ2) is 6.32. The number of hydrogen-bond acceptors (Lipinski definition) is 5. The molecule has 0 unspecified atom stereocenters. The number of amides is 1. The Morgan fingerprint density at radius 3 is 2.86 bits per heavy atom. The average molecular weight is 317 g/mol. The van der Waals surface area contributed by atoms with Gasteiger partial charge in [0.2, 0.25) is 5.91 Å². The van der Waals surface area contributed by atoms with E-state index < -0.39 is 0 Å². The number of hydrogen-bond donors (Lipinski definition) is 1. The number of thiazole rings is 2. The van der Waals surface area contributed by atoms with E-state index in [2.05, 4.69) is 21.4 Å². The van der Waals surface area contributed by atoms with Gasteiger partial charge in [0.15, 0.2) is 0 Å². The predicted octanol–water partition coefficient (Wildman–Crippen LogP) is 3.31. The summed E-state index contributed by atoms with van der Waals surface area (Å²) in [5.41, 5.74) is 2.01. The summed E-state index contributed by atoms with van der Waals surface area (Å²) < 4.78 is 1.17. The van der Waals surface area contributed by atoms with Crippen LogP contribution < -0.4 is 5.32 Å². The monoisotopic (exact) mass is 317 g/mol. The Kier molecular flexibility index (Phi) is 4.26. The molecule has 4 nitrogen and oxygen atoms in total. The van der Waals surface area contributed by atoms with Gasteiger partial charge in [0, 0.05) is 23.9 Å². The number of carbonyl (C=O) groups excluding carboxylic acids is 1. The molecular weight excluding hydrogens is 302 g/mol. The molecular formula is C15H15N3OS2. The number of fused-ring (bicyclic) bond motifs is 1. The molecule has 108 valence electrons. The zero-order chi connectivity index (χ0) is 14.7. The highest BCUT2D eigenvalue weighted by molar-refractivity contribution is 7.18. The van der Waals surface area contributed by atoms with Gasteiger partial charge in [-0.05, 0) is 19.1 Å². The summed E-state index contributed by atoms with van der Waals surface area (Å²) in [5, 5.41) is 6.85. The predicted molar refractivity (Wildman–Crippen MR) is 86.6 cm³/mol. The van der Waals surface area contributed by atoms with Gasteiger partial charge in [0.1, 0.15) is 5.01 Å². The van der Waals surface area contributed by atoms with Crippen LogP contribution in [0.4, 0.5) is 0 Å². The third-order valence-electron chi connectivity index (χ3n) is 3.01. The van der Waals surface area contributed by atoms with Gasteiger partial charge in [-0.15, -0.1) is 22.7 Å². The van der Waals surface area contributed by atoms with E-state index in [1.54, 1.807) is 22.7 Å². The lowest BCUT2D eigenvalue weighted by atomic mass is 10.3. The molecule has 0 saturated heterocycles. The van der Waals surface area contributed by atoms with Crippen LogP contribution in [-0.2, 0) is 17.8 Å². The smallest absolute Gasteiger partial charge is 0.220 e. The van der Waals surface area contributed by atoms with Crippen molar-refractivity contribution < 1.29 is 4.79 Å². The van der Waals surface area contributed by atoms with E-state index >= 15 is 0 Å². The minimum atomic E-state index is 0.0436. The molecule has 0 atom stereocenters. The first-order valence-corrected chi connectivity index (χ1v) is 8.42. The minimum absolute atomic E-state index is 0.0436. The van der Waals surface area contributed by atoms with Crippen LogP contribution >= 0.6 is 22.7 Å². The van der Waals surface area contributed by atoms with Crippen LogP contribution in [0.25, 0.3) is 10.2 Å². The third kappa shape index (κ3) is 3.65. The molecule has 1 amide bonds. The molecule has 0 aliphatic carbocycles. The first-order chi connectivity index (χ1) is 10.2. The fourth-order valence-electron chi connectivity index (χ4n) is 1.99. The normalized spacial score (nSPS) is 10.9. The second-order valence-corrected chi connectivity index (χ2v) is 6.79. The first kappa shape index (κ1) is 14.2. The lowest BCUT2D eigenvalue weighted by Gasteiger charge is -2.01. The number of para-hydroxylation sites is 1. The van der Waals surface area contributed by atoms with Gasteiger partial charge < -0.3 is 5.32 Å². The SMILES string of the molecule is Cc1csc(CNC(=O)CCc2nc3ccccc3s2)n1. The molecule has 0 bridgehead atoms. The van der Waals surface area contributed by atoms with Crippen molar-refractivity contribution in [3.63, 3.8) is 0 Å². The van der Waals surface area contributed by atoms with Gasteiger partial charge in [-0.2, -0.15) is 0 Å². The van der Waals surface area contributed by atoms with Gasteiger partial charge >= 0.3 is 0 Å². The molecule has 0 radical (unpaired) electrons. The van der Waals surface area contributed by atoms with E-state index in [1.165, 1.54) is 4.70 Å². The summed E-state index contributed by atoms with van der Waals surface area (Å²) in [7, 11) is 0. The first-order valence-electron chi connectivity index (χ1n) is 6.73. The van der Waals surface area contributed by atoms with Crippen LogP contribution in [0.15, 0.2) is 29.6 Å². The second-order valence-electron chi connectivity index (χ2n) is 4.73. The maximum absolute atomic E-state index is 11.9. The van der Waals surface area contributed by atoms with Crippen LogP contribution in [0.3, 0.4) is 0 Å². The molecule has 3 aromatic rings. The van der Waals surface area contributed by atoms with Crippen molar-refractivity contribution in [2.45, 2.75) is 26.3 Å². The number of carbonyl (C=O) groups is 1.